The summed E-state index contributed by atoms with van der Waals surface area (Å²) in [6.07, 6.45) is 1.84. The number of amides is 1. The van der Waals surface area contributed by atoms with Crippen molar-refractivity contribution in [2.45, 2.75) is 26.7 Å². The van der Waals surface area contributed by atoms with Crippen LogP contribution in [-0.2, 0) is 0 Å². The van der Waals surface area contributed by atoms with Gasteiger partial charge in [-0.25, -0.2) is 0 Å². The van der Waals surface area contributed by atoms with E-state index < -0.39 is 0 Å². The van der Waals surface area contributed by atoms with E-state index in [2.05, 4.69) is 29.4 Å². The third-order valence-corrected chi connectivity index (χ3v) is 4.05. The zero-order valence-electron chi connectivity index (χ0n) is 15.9. The van der Waals surface area contributed by atoms with Crippen molar-refractivity contribution >= 4 is 18.3 Å². The second-order valence-corrected chi connectivity index (χ2v) is 6.21. The van der Waals surface area contributed by atoms with Gasteiger partial charge in [0, 0.05) is 44.8 Å². The standard InChI is InChI=1S/C19H31N3O3.ClH/c1-3-13-24-17-6-5-16(15-18(17)25-14-4-2)19(23)21-9-12-22-10-7-20-8-11-22;/h5-6,15,20H,3-4,7-14H2,1-2H3,(H,21,23);1H. The van der Waals surface area contributed by atoms with Crippen molar-refractivity contribution in [3.05, 3.63) is 23.8 Å². The number of carbonyl (C=O) groups excluding carboxylic acids is 1. The second kappa shape index (κ2) is 12.8. The average molecular weight is 386 g/mol. The van der Waals surface area contributed by atoms with Gasteiger partial charge in [-0.3, -0.25) is 9.69 Å². The van der Waals surface area contributed by atoms with Gasteiger partial charge >= 0.3 is 0 Å². The van der Waals surface area contributed by atoms with Gasteiger partial charge in [0.25, 0.3) is 5.91 Å². The zero-order chi connectivity index (χ0) is 17.9. The fourth-order valence-corrected chi connectivity index (χ4v) is 2.67. The molecule has 1 heterocycles. The van der Waals surface area contributed by atoms with Gasteiger partial charge in [0.05, 0.1) is 13.2 Å². The molecule has 0 aliphatic carbocycles. The number of halogens is 1. The fourth-order valence-electron chi connectivity index (χ4n) is 2.67. The van der Waals surface area contributed by atoms with Crippen LogP contribution in [0.2, 0.25) is 0 Å². The Balaban J connectivity index is 0.00000338. The van der Waals surface area contributed by atoms with Crippen molar-refractivity contribution < 1.29 is 14.3 Å². The van der Waals surface area contributed by atoms with E-state index in [4.69, 9.17) is 9.47 Å². The first-order valence-corrected chi connectivity index (χ1v) is 9.35. The minimum atomic E-state index is -0.0708. The summed E-state index contributed by atoms with van der Waals surface area (Å²) in [5.74, 6) is 1.27. The topological polar surface area (TPSA) is 62.8 Å². The molecule has 1 aromatic carbocycles. The maximum absolute atomic E-state index is 12.4. The van der Waals surface area contributed by atoms with E-state index in [9.17, 15) is 4.79 Å². The van der Waals surface area contributed by atoms with Gasteiger partial charge in [0.15, 0.2) is 11.5 Å². The van der Waals surface area contributed by atoms with Crippen LogP contribution in [-0.4, -0.2) is 63.3 Å². The number of hydrogen-bond donors (Lipinski definition) is 2. The molecule has 7 heteroatoms. The molecule has 26 heavy (non-hydrogen) atoms. The van der Waals surface area contributed by atoms with Crippen LogP contribution < -0.4 is 20.1 Å². The number of rotatable bonds is 10. The van der Waals surface area contributed by atoms with Crippen molar-refractivity contribution in [1.82, 2.24) is 15.5 Å². The Morgan fingerprint density at radius 2 is 1.77 bits per heavy atom. The largest absolute Gasteiger partial charge is 0.490 e. The first kappa shape index (κ1) is 22.5. The van der Waals surface area contributed by atoms with E-state index in [1.165, 1.54) is 0 Å². The SMILES string of the molecule is CCCOc1ccc(C(=O)NCCN2CCNCC2)cc1OCCC.Cl. The van der Waals surface area contributed by atoms with Crippen LogP contribution >= 0.6 is 12.4 Å². The molecule has 6 nitrogen and oxygen atoms in total. The molecule has 148 valence electrons. The molecule has 2 rings (SSSR count). The molecule has 0 spiro atoms. The van der Waals surface area contributed by atoms with E-state index >= 15 is 0 Å². The minimum absolute atomic E-state index is 0. The second-order valence-electron chi connectivity index (χ2n) is 6.21. The molecular formula is C19H32ClN3O3. The molecule has 1 aromatic rings. The highest BCUT2D eigenvalue weighted by molar-refractivity contribution is 5.94. The molecule has 1 fully saturated rings. The van der Waals surface area contributed by atoms with Gasteiger partial charge in [0.1, 0.15) is 0 Å². The van der Waals surface area contributed by atoms with Crippen LogP contribution in [0.15, 0.2) is 18.2 Å². The Kier molecular flexibility index (Phi) is 11.1. The van der Waals surface area contributed by atoms with Crippen LogP contribution in [0.1, 0.15) is 37.0 Å². The van der Waals surface area contributed by atoms with E-state index in [0.717, 1.165) is 45.6 Å². The smallest absolute Gasteiger partial charge is 0.251 e. The summed E-state index contributed by atoms with van der Waals surface area (Å²) >= 11 is 0. The molecule has 1 aliphatic heterocycles. The van der Waals surface area contributed by atoms with Crippen molar-refractivity contribution in [2.75, 3.05) is 52.5 Å². The maximum Gasteiger partial charge on any atom is 0.251 e. The Morgan fingerprint density at radius 3 is 2.42 bits per heavy atom. The van der Waals surface area contributed by atoms with Gasteiger partial charge in [-0.15, -0.1) is 12.4 Å². The number of nitrogens with zero attached hydrogens (tertiary/aromatic N) is 1. The van der Waals surface area contributed by atoms with E-state index in [0.29, 0.717) is 36.8 Å². The Hall–Kier alpha value is -1.50. The van der Waals surface area contributed by atoms with Crippen molar-refractivity contribution in [1.29, 1.82) is 0 Å². The zero-order valence-corrected chi connectivity index (χ0v) is 16.7. The minimum Gasteiger partial charge on any atom is -0.490 e. The Morgan fingerprint density at radius 1 is 1.12 bits per heavy atom. The molecule has 0 saturated carbocycles. The predicted molar refractivity (Wildman–Crippen MR) is 107 cm³/mol. The summed E-state index contributed by atoms with van der Waals surface area (Å²) in [6, 6.07) is 5.40. The van der Waals surface area contributed by atoms with Gasteiger partial charge in [0.2, 0.25) is 0 Å². The van der Waals surface area contributed by atoms with E-state index in [1.54, 1.807) is 12.1 Å². The molecule has 0 atom stereocenters. The normalized spacial score (nSPS) is 14.4. The first-order chi connectivity index (χ1) is 12.2. The lowest BCUT2D eigenvalue weighted by Gasteiger charge is -2.27. The van der Waals surface area contributed by atoms with Crippen molar-refractivity contribution in [2.24, 2.45) is 0 Å². The lowest BCUT2D eigenvalue weighted by atomic mass is 10.2. The summed E-state index contributed by atoms with van der Waals surface area (Å²) in [6.45, 7) is 11.0. The van der Waals surface area contributed by atoms with Gasteiger partial charge in [-0.1, -0.05) is 13.8 Å². The summed E-state index contributed by atoms with van der Waals surface area (Å²) < 4.78 is 11.5. The Bertz CT molecular complexity index is 537. The molecule has 0 unspecified atom stereocenters. The molecule has 0 radical (unpaired) electrons. The lowest BCUT2D eigenvalue weighted by Crippen LogP contribution is -2.46. The number of hydrogen-bond acceptors (Lipinski definition) is 5. The Labute approximate surface area is 163 Å². The van der Waals surface area contributed by atoms with E-state index in [-0.39, 0.29) is 18.3 Å². The monoisotopic (exact) mass is 385 g/mol. The highest BCUT2D eigenvalue weighted by Crippen LogP contribution is 2.28. The molecule has 1 saturated heterocycles. The molecule has 0 bridgehead atoms. The predicted octanol–water partition coefficient (Wildman–Crippen LogP) is 2.32. The molecular weight excluding hydrogens is 354 g/mol. The highest BCUT2D eigenvalue weighted by Gasteiger charge is 2.13. The third kappa shape index (κ3) is 7.40. The molecule has 0 aromatic heterocycles. The number of nitrogens with one attached hydrogen (secondary N) is 2. The van der Waals surface area contributed by atoms with E-state index in [1.807, 2.05) is 6.07 Å². The number of carbonyl (C=O) groups is 1. The summed E-state index contributed by atoms with van der Waals surface area (Å²) in [5.41, 5.74) is 0.607. The number of benzene rings is 1. The van der Waals surface area contributed by atoms with Crippen LogP contribution in [0.5, 0.6) is 11.5 Å². The lowest BCUT2D eigenvalue weighted by molar-refractivity contribution is 0.0946. The quantitative estimate of drug-likeness (QED) is 0.647. The third-order valence-electron chi connectivity index (χ3n) is 4.05. The number of piperazine rings is 1. The summed E-state index contributed by atoms with van der Waals surface area (Å²) in [4.78, 5) is 14.8. The van der Waals surface area contributed by atoms with Gasteiger partial charge in [-0.05, 0) is 31.0 Å². The summed E-state index contributed by atoms with van der Waals surface area (Å²) in [5, 5.41) is 6.32. The van der Waals surface area contributed by atoms with Gasteiger partial charge in [-0.2, -0.15) is 0 Å². The maximum atomic E-state index is 12.4. The molecule has 1 amide bonds. The van der Waals surface area contributed by atoms with Crippen LogP contribution in [0.3, 0.4) is 0 Å². The van der Waals surface area contributed by atoms with Crippen LogP contribution in [0.4, 0.5) is 0 Å². The number of ether oxygens (including phenoxy) is 2. The van der Waals surface area contributed by atoms with Gasteiger partial charge < -0.3 is 20.1 Å². The fraction of sp³-hybridized carbons (Fsp3) is 0.632. The highest BCUT2D eigenvalue weighted by atomic mass is 35.5. The molecule has 2 N–H and O–H groups in total. The first-order valence-electron chi connectivity index (χ1n) is 9.35. The molecule has 1 aliphatic rings. The summed E-state index contributed by atoms with van der Waals surface area (Å²) in [7, 11) is 0. The average Bonchev–Trinajstić information content (AvgIpc) is 2.65. The van der Waals surface area contributed by atoms with Crippen molar-refractivity contribution in [3.8, 4) is 11.5 Å². The van der Waals surface area contributed by atoms with Crippen LogP contribution in [0.25, 0.3) is 0 Å². The van der Waals surface area contributed by atoms with Crippen LogP contribution in [0, 0.1) is 0 Å². The van der Waals surface area contributed by atoms with Crippen molar-refractivity contribution in [3.63, 3.8) is 0 Å².